The summed E-state index contributed by atoms with van der Waals surface area (Å²) in [6, 6.07) is 101. The lowest BCUT2D eigenvalue weighted by atomic mass is 9.41. The fourth-order valence-electron chi connectivity index (χ4n) is 16.9. The molecular formula is C76H58N2OSi. The van der Waals surface area contributed by atoms with Crippen LogP contribution < -0.4 is 25.6 Å². The summed E-state index contributed by atoms with van der Waals surface area (Å²) in [7, 11) is -2.79. The molecule has 0 unspecified atom stereocenters. The molecule has 0 atom stereocenters. The Balaban J connectivity index is 0.899. The van der Waals surface area contributed by atoms with Crippen LogP contribution in [0.1, 0.15) is 43.2 Å². The maximum Gasteiger partial charge on any atom is 0.179 e. The Morgan fingerprint density at radius 3 is 1.50 bits per heavy atom. The van der Waals surface area contributed by atoms with Crippen molar-refractivity contribution in [3.05, 3.63) is 278 Å². The van der Waals surface area contributed by atoms with Crippen molar-refractivity contribution in [2.24, 2.45) is 23.7 Å². The van der Waals surface area contributed by atoms with Gasteiger partial charge in [0.25, 0.3) is 0 Å². The van der Waals surface area contributed by atoms with E-state index in [0.29, 0.717) is 11.8 Å². The maximum atomic E-state index is 6.52. The molecule has 4 heteroatoms. The van der Waals surface area contributed by atoms with Crippen LogP contribution in [0.2, 0.25) is 0 Å². The van der Waals surface area contributed by atoms with Crippen LogP contribution >= 0.6 is 0 Å². The van der Waals surface area contributed by atoms with Crippen molar-refractivity contribution in [3.8, 4) is 27.9 Å². The van der Waals surface area contributed by atoms with Crippen molar-refractivity contribution in [2.75, 3.05) is 4.90 Å². The lowest BCUT2D eigenvalue weighted by Gasteiger charge is -2.64. The van der Waals surface area contributed by atoms with E-state index in [1.165, 1.54) is 103 Å². The van der Waals surface area contributed by atoms with Crippen LogP contribution in [0, 0.1) is 23.7 Å². The van der Waals surface area contributed by atoms with Crippen LogP contribution in [0.15, 0.2) is 271 Å². The lowest BCUT2D eigenvalue weighted by molar-refractivity contribution is -0.0419. The molecule has 2 aromatic heterocycles. The van der Waals surface area contributed by atoms with Crippen molar-refractivity contribution in [1.82, 2.24) is 4.57 Å². The summed E-state index contributed by atoms with van der Waals surface area (Å²) < 4.78 is 9.08. The van der Waals surface area contributed by atoms with Gasteiger partial charge in [0.15, 0.2) is 8.07 Å². The number of hydrogen-bond donors (Lipinski definition) is 0. The van der Waals surface area contributed by atoms with Gasteiger partial charge < -0.3 is 13.9 Å². The van der Waals surface area contributed by atoms with Crippen molar-refractivity contribution in [2.45, 2.75) is 37.5 Å². The standard InChI is InChI=1S/C76H58N2OSi/c1-4-20-56(21-5-1)80(57-22-6-2-7-23-57,58-24-8-3-9-25-58)59-41-38-52(39-42-59)63-49-53(60-28-18-37-73-74(60)62-27-11-17-36-72(62)79-73)40-43-67(63)77-66-31-14-10-26-61(66)75-70(77)34-19-35-71(75)78-68-32-15-12-29-64(68)76(65-30-13-16-33-69(65)78)54-45-50-44-51(47-54)48-55(76)46-50/h1-43,49-51,54-55H,44-48H2/t50-,51+,54-,55?. The highest BCUT2D eigenvalue weighted by Gasteiger charge is 2.61. The molecule has 1 aliphatic heterocycles. The normalized spacial score (nSPS) is 18.8. The minimum atomic E-state index is -2.79. The third-order valence-corrected chi connectivity index (χ3v) is 24.5. The molecular weight excluding hydrogens is 985 g/mol. The van der Waals surface area contributed by atoms with Gasteiger partial charge in [-0.2, -0.15) is 0 Å². The molecule has 4 aliphatic carbocycles. The van der Waals surface area contributed by atoms with Gasteiger partial charge in [-0.1, -0.05) is 212 Å². The molecule has 0 radical (unpaired) electrons. The molecule has 18 rings (SSSR count). The number of anilines is 3. The number of para-hydroxylation sites is 4. The zero-order valence-electron chi connectivity index (χ0n) is 44.6. The lowest BCUT2D eigenvalue weighted by Crippen LogP contribution is -2.74. The van der Waals surface area contributed by atoms with E-state index in [1.807, 2.05) is 0 Å². The molecule has 382 valence electrons. The second-order valence-corrected chi connectivity index (χ2v) is 27.3. The smallest absolute Gasteiger partial charge is 0.179 e. The average molecular weight is 1040 g/mol. The largest absolute Gasteiger partial charge is 0.456 e. The highest BCUT2D eigenvalue weighted by atomic mass is 28.3. The fraction of sp³-hybridized carbons (Fsp3) is 0.132. The molecule has 5 aliphatic rings. The number of furan rings is 1. The van der Waals surface area contributed by atoms with Crippen molar-refractivity contribution in [1.29, 1.82) is 0 Å². The molecule has 80 heavy (non-hydrogen) atoms. The second-order valence-electron chi connectivity index (χ2n) is 23.5. The van der Waals surface area contributed by atoms with Crippen LogP contribution in [-0.2, 0) is 5.41 Å². The van der Waals surface area contributed by atoms with E-state index in [0.717, 1.165) is 61.7 Å². The van der Waals surface area contributed by atoms with Gasteiger partial charge in [0, 0.05) is 32.5 Å². The molecule has 3 nitrogen and oxygen atoms in total. The topological polar surface area (TPSA) is 21.3 Å². The van der Waals surface area contributed by atoms with E-state index < -0.39 is 8.07 Å². The molecule has 0 N–H and O–H groups in total. The van der Waals surface area contributed by atoms with E-state index in [9.17, 15) is 0 Å². The number of aromatic nitrogens is 1. The van der Waals surface area contributed by atoms with Crippen molar-refractivity contribution < 1.29 is 4.42 Å². The molecule has 3 heterocycles. The number of fused-ring (bicyclic) bond motifs is 8. The molecule has 4 bridgehead atoms. The summed E-state index contributed by atoms with van der Waals surface area (Å²) in [6.45, 7) is 0. The van der Waals surface area contributed by atoms with Crippen LogP contribution in [0.4, 0.5) is 17.1 Å². The summed E-state index contributed by atoms with van der Waals surface area (Å²) in [5.74, 6) is 3.10. The minimum absolute atomic E-state index is 0.0315. The Labute approximate surface area is 468 Å². The fourth-order valence-corrected chi connectivity index (χ4v) is 21.7. The van der Waals surface area contributed by atoms with E-state index in [1.54, 1.807) is 0 Å². The number of nitrogens with zero attached hydrogens (tertiary/aromatic N) is 2. The molecule has 4 fully saturated rings. The SMILES string of the molecule is c1ccc([Si](c2ccccc2)(c2ccccc2)c2ccc(-c3cc(-c4cccc5oc6ccccc6c45)ccc3-n3c4ccccc4c4c(N5c6ccccc6C6(c7ccccc75)C5C[C@H]7C[C@@H](C5)C[C@@H]6C7)cccc43)cc2)cc1. The van der Waals surface area contributed by atoms with Gasteiger partial charge in [-0.3, -0.25) is 0 Å². The third kappa shape index (κ3) is 6.48. The average Bonchev–Trinajstić information content (AvgIpc) is 3.95. The van der Waals surface area contributed by atoms with Crippen LogP contribution in [0.5, 0.6) is 0 Å². The quantitative estimate of drug-likeness (QED) is 0.112. The van der Waals surface area contributed by atoms with Gasteiger partial charge in [0.2, 0.25) is 0 Å². The van der Waals surface area contributed by atoms with E-state index >= 15 is 0 Å². The second kappa shape index (κ2) is 17.8. The highest BCUT2D eigenvalue weighted by Crippen LogP contribution is 2.69. The Bertz CT molecular complexity index is 4380. The number of hydrogen-bond acceptors (Lipinski definition) is 2. The monoisotopic (exact) mass is 1040 g/mol. The highest BCUT2D eigenvalue weighted by molar-refractivity contribution is 7.19. The van der Waals surface area contributed by atoms with Gasteiger partial charge in [-0.25, -0.2) is 0 Å². The first-order valence-electron chi connectivity index (χ1n) is 29.0. The van der Waals surface area contributed by atoms with Crippen LogP contribution in [-0.4, -0.2) is 12.6 Å². The maximum absolute atomic E-state index is 6.52. The van der Waals surface area contributed by atoms with Crippen LogP contribution in [0.25, 0.3) is 71.7 Å². The van der Waals surface area contributed by atoms with Crippen molar-refractivity contribution >= 4 is 89.6 Å². The first kappa shape index (κ1) is 46.0. The third-order valence-electron chi connectivity index (χ3n) is 19.7. The Morgan fingerprint density at radius 1 is 0.350 bits per heavy atom. The van der Waals surface area contributed by atoms with Crippen LogP contribution in [0.3, 0.4) is 0 Å². The van der Waals surface area contributed by atoms with Gasteiger partial charge in [-0.05, 0) is 159 Å². The summed E-state index contributed by atoms with van der Waals surface area (Å²) in [5, 5.41) is 10.2. The van der Waals surface area contributed by atoms with E-state index in [2.05, 4.69) is 276 Å². The summed E-state index contributed by atoms with van der Waals surface area (Å²) in [4.78, 5) is 2.65. The number of rotatable bonds is 8. The first-order chi connectivity index (χ1) is 39.7. The van der Waals surface area contributed by atoms with Gasteiger partial charge >= 0.3 is 0 Å². The van der Waals surface area contributed by atoms with Gasteiger partial charge in [0.05, 0.1) is 33.8 Å². The number of benzene rings is 11. The molecule has 0 amide bonds. The predicted octanol–water partition coefficient (Wildman–Crippen LogP) is 16.9. The molecule has 13 aromatic rings. The first-order valence-corrected chi connectivity index (χ1v) is 31.0. The molecule has 1 spiro atoms. The van der Waals surface area contributed by atoms with E-state index in [4.69, 9.17) is 4.42 Å². The summed E-state index contributed by atoms with van der Waals surface area (Å²) in [5.41, 5.74) is 16.9. The summed E-state index contributed by atoms with van der Waals surface area (Å²) >= 11 is 0. The zero-order valence-corrected chi connectivity index (χ0v) is 45.6. The van der Waals surface area contributed by atoms with Crippen molar-refractivity contribution in [3.63, 3.8) is 0 Å². The molecule has 11 aromatic carbocycles. The summed E-state index contributed by atoms with van der Waals surface area (Å²) in [6.07, 6.45) is 6.86. The van der Waals surface area contributed by atoms with Gasteiger partial charge in [0.1, 0.15) is 11.2 Å². The molecule has 4 saturated carbocycles. The zero-order chi connectivity index (χ0) is 52.5. The van der Waals surface area contributed by atoms with Gasteiger partial charge in [-0.15, -0.1) is 0 Å². The van der Waals surface area contributed by atoms with E-state index in [-0.39, 0.29) is 5.41 Å². The Hall–Kier alpha value is -8.96. The minimum Gasteiger partial charge on any atom is -0.456 e. The predicted molar refractivity (Wildman–Crippen MR) is 335 cm³/mol. The Morgan fingerprint density at radius 2 is 0.850 bits per heavy atom. The Kier molecular flexibility index (Phi) is 10.2. The molecule has 0 saturated heterocycles.